The molecule has 0 saturated heterocycles. The number of rotatable bonds is 4. The van der Waals surface area contributed by atoms with Crippen LogP contribution in [0.4, 0.5) is 0 Å². The van der Waals surface area contributed by atoms with E-state index < -0.39 is 0 Å². The molecule has 0 aliphatic heterocycles. The Kier molecular flexibility index (Phi) is 2.89. The molecule has 94 valence electrons. The maximum atomic E-state index is 9.43. The van der Waals surface area contributed by atoms with Crippen LogP contribution in [0.25, 0.3) is 10.6 Å². The highest BCUT2D eigenvalue weighted by atomic mass is 32.1. The molecule has 0 atom stereocenters. The molecule has 1 aliphatic carbocycles. The van der Waals surface area contributed by atoms with E-state index in [2.05, 4.69) is 15.5 Å². The molecule has 3 rings (SSSR count). The van der Waals surface area contributed by atoms with Gasteiger partial charge >= 0.3 is 0 Å². The van der Waals surface area contributed by atoms with Gasteiger partial charge in [0.2, 0.25) is 0 Å². The lowest BCUT2D eigenvalue weighted by Gasteiger charge is -1.99. The summed E-state index contributed by atoms with van der Waals surface area (Å²) in [5.41, 5.74) is 0.683. The van der Waals surface area contributed by atoms with Gasteiger partial charge in [-0.25, -0.2) is 0 Å². The summed E-state index contributed by atoms with van der Waals surface area (Å²) < 4.78 is 0. The van der Waals surface area contributed by atoms with Crippen LogP contribution in [-0.2, 0) is 6.54 Å². The molecule has 1 aromatic carbocycles. The SMILES string of the molecule is Oc1cc(O)cc(-c2nnc(CNC3CC3)s2)c1. The second-order valence-electron chi connectivity index (χ2n) is 4.39. The molecule has 0 bridgehead atoms. The van der Waals surface area contributed by atoms with Crippen molar-refractivity contribution in [1.29, 1.82) is 0 Å². The normalized spacial score (nSPS) is 14.9. The molecule has 0 unspecified atom stereocenters. The van der Waals surface area contributed by atoms with Gasteiger partial charge < -0.3 is 15.5 Å². The van der Waals surface area contributed by atoms with E-state index >= 15 is 0 Å². The van der Waals surface area contributed by atoms with Gasteiger partial charge in [-0.2, -0.15) is 0 Å². The van der Waals surface area contributed by atoms with Crippen molar-refractivity contribution in [2.45, 2.75) is 25.4 Å². The number of nitrogens with one attached hydrogen (secondary N) is 1. The molecule has 1 aliphatic rings. The molecule has 6 heteroatoms. The molecule has 0 spiro atoms. The monoisotopic (exact) mass is 263 g/mol. The second-order valence-corrected chi connectivity index (χ2v) is 5.46. The predicted octanol–water partition coefficient (Wildman–Crippen LogP) is 1.87. The van der Waals surface area contributed by atoms with Crippen LogP contribution >= 0.6 is 11.3 Å². The highest BCUT2D eigenvalue weighted by Crippen LogP contribution is 2.30. The van der Waals surface area contributed by atoms with E-state index in [1.54, 1.807) is 12.1 Å². The van der Waals surface area contributed by atoms with Gasteiger partial charge in [0.1, 0.15) is 21.5 Å². The van der Waals surface area contributed by atoms with Gasteiger partial charge in [0.05, 0.1) is 0 Å². The molecule has 0 radical (unpaired) electrons. The first kappa shape index (κ1) is 11.4. The van der Waals surface area contributed by atoms with Crippen LogP contribution in [-0.4, -0.2) is 26.5 Å². The predicted molar refractivity (Wildman–Crippen MR) is 68.5 cm³/mol. The number of nitrogens with zero attached hydrogens (tertiary/aromatic N) is 2. The second kappa shape index (κ2) is 4.55. The Balaban J connectivity index is 1.78. The Morgan fingerprint density at radius 3 is 2.56 bits per heavy atom. The first-order valence-electron chi connectivity index (χ1n) is 5.80. The maximum absolute atomic E-state index is 9.43. The van der Waals surface area contributed by atoms with Crippen LogP contribution in [0.2, 0.25) is 0 Å². The molecule has 1 saturated carbocycles. The van der Waals surface area contributed by atoms with Crippen molar-refractivity contribution >= 4 is 11.3 Å². The Morgan fingerprint density at radius 1 is 1.17 bits per heavy atom. The molecule has 1 heterocycles. The number of phenolic OH excluding ortho intramolecular Hbond substituents is 2. The summed E-state index contributed by atoms with van der Waals surface area (Å²) in [6.45, 7) is 0.729. The van der Waals surface area contributed by atoms with Crippen molar-refractivity contribution in [3.63, 3.8) is 0 Å². The van der Waals surface area contributed by atoms with Gasteiger partial charge in [0.25, 0.3) is 0 Å². The smallest absolute Gasteiger partial charge is 0.148 e. The fourth-order valence-corrected chi connectivity index (χ4v) is 2.46. The average molecular weight is 263 g/mol. The summed E-state index contributed by atoms with van der Waals surface area (Å²) in [5, 5.41) is 32.0. The number of hydrogen-bond acceptors (Lipinski definition) is 6. The number of aromatic hydroxyl groups is 2. The van der Waals surface area contributed by atoms with Crippen molar-refractivity contribution in [3.8, 4) is 22.1 Å². The number of hydrogen-bond donors (Lipinski definition) is 3. The summed E-state index contributed by atoms with van der Waals surface area (Å²) in [6.07, 6.45) is 2.48. The lowest BCUT2D eigenvalue weighted by atomic mass is 10.2. The van der Waals surface area contributed by atoms with Crippen LogP contribution in [0, 0.1) is 0 Å². The quantitative estimate of drug-likeness (QED) is 0.785. The zero-order chi connectivity index (χ0) is 12.5. The Hall–Kier alpha value is -1.66. The Labute approximate surface area is 108 Å². The third-order valence-electron chi connectivity index (χ3n) is 2.74. The van der Waals surface area contributed by atoms with E-state index in [1.165, 1.54) is 30.2 Å². The summed E-state index contributed by atoms with van der Waals surface area (Å²) in [4.78, 5) is 0. The van der Waals surface area contributed by atoms with Gasteiger partial charge in [-0.3, -0.25) is 0 Å². The van der Waals surface area contributed by atoms with E-state index in [-0.39, 0.29) is 11.5 Å². The topological polar surface area (TPSA) is 78.3 Å². The van der Waals surface area contributed by atoms with Crippen molar-refractivity contribution in [2.75, 3.05) is 0 Å². The summed E-state index contributed by atoms with van der Waals surface area (Å²) in [7, 11) is 0. The summed E-state index contributed by atoms with van der Waals surface area (Å²) in [6, 6.07) is 5.07. The van der Waals surface area contributed by atoms with Crippen molar-refractivity contribution in [2.24, 2.45) is 0 Å². The van der Waals surface area contributed by atoms with Crippen LogP contribution in [0.3, 0.4) is 0 Å². The zero-order valence-electron chi connectivity index (χ0n) is 9.63. The van der Waals surface area contributed by atoms with E-state index in [0.29, 0.717) is 16.6 Å². The van der Waals surface area contributed by atoms with Gasteiger partial charge in [-0.05, 0) is 25.0 Å². The van der Waals surface area contributed by atoms with Gasteiger partial charge in [-0.15, -0.1) is 10.2 Å². The van der Waals surface area contributed by atoms with Gasteiger partial charge in [0.15, 0.2) is 0 Å². The van der Waals surface area contributed by atoms with Crippen LogP contribution in [0.15, 0.2) is 18.2 Å². The minimum Gasteiger partial charge on any atom is -0.508 e. The minimum absolute atomic E-state index is 0.0258. The number of benzene rings is 1. The fraction of sp³-hybridized carbons (Fsp3) is 0.333. The molecular weight excluding hydrogens is 250 g/mol. The molecule has 2 aromatic rings. The van der Waals surface area contributed by atoms with E-state index in [1.807, 2.05) is 0 Å². The Morgan fingerprint density at radius 2 is 1.89 bits per heavy atom. The molecule has 3 N–H and O–H groups in total. The van der Waals surface area contributed by atoms with Crippen LogP contribution in [0.5, 0.6) is 11.5 Å². The third-order valence-corrected chi connectivity index (χ3v) is 3.71. The van der Waals surface area contributed by atoms with Crippen molar-refractivity contribution < 1.29 is 10.2 Å². The Bertz CT molecular complexity index is 546. The molecule has 5 nitrogen and oxygen atoms in total. The number of phenols is 2. The molecule has 0 amide bonds. The van der Waals surface area contributed by atoms with E-state index in [0.717, 1.165) is 11.6 Å². The molecule has 1 fully saturated rings. The molecule has 1 aromatic heterocycles. The summed E-state index contributed by atoms with van der Waals surface area (Å²) in [5.74, 6) is 0.0516. The van der Waals surface area contributed by atoms with Crippen molar-refractivity contribution in [1.82, 2.24) is 15.5 Å². The van der Waals surface area contributed by atoms with Crippen LogP contribution in [0.1, 0.15) is 17.8 Å². The first-order chi connectivity index (χ1) is 8.70. The standard InChI is InChI=1S/C12H13N3O2S/c16-9-3-7(4-10(17)5-9)12-15-14-11(18-12)6-13-8-1-2-8/h3-5,8,13,16-17H,1-2,6H2. The lowest BCUT2D eigenvalue weighted by Crippen LogP contribution is -2.14. The lowest BCUT2D eigenvalue weighted by molar-refractivity contribution is 0.451. The minimum atomic E-state index is 0.0258. The maximum Gasteiger partial charge on any atom is 0.148 e. The highest BCUT2D eigenvalue weighted by Gasteiger charge is 2.20. The molecule has 18 heavy (non-hydrogen) atoms. The average Bonchev–Trinajstić information content (AvgIpc) is 3.02. The highest BCUT2D eigenvalue weighted by molar-refractivity contribution is 7.14. The fourth-order valence-electron chi connectivity index (χ4n) is 1.68. The first-order valence-corrected chi connectivity index (χ1v) is 6.61. The number of aromatic nitrogens is 2. The van der Waals surface area contributed by atoms with Crippen molar-refractivity contribution in [3.05, 3.63) is 23.2 Å². The van der Waals surface area contributed by atoms with Gasteiger partial charge in [0, 0.05) is 24.2 Å². The third kappa shape index (κ3) is 2.60. The summed E-state index contributed by atoms with van der Waals surface area (Å²) >= 11 is 1.47. The van der Waals surface area contributed by atoms with Crippen LogP contribution < -0.4 is 5.32 Å². The van der Waals surface area contributed by atoms with Gasteiger partial charge in [-0.1, -0.05) is 11.3 Å². The zero-order valence-corrected chi connectivity index (χ0v) is 10.4. The van der Waals surface area contributed by atoms with E-state index in [4.69, 9.17) is 0 Å². The van der Waals surface area contributed by atoms with E-state index in [9.17, 15) is 10.2 Å². The largest absolute Gasteiger partial charge is 0.508 e. The molecular formula is C12H13N3O2S.